The summed E-state index contributed by atoms with van der Waals surface area (Å²) in [6, 6.07) is 7.85. The van der Waals surface area contributed by atoms with E-state index in [0.29, 0.717) is 72.9 Å². The highest BCUT2D eigenvalue weighted by Gasteiger charge is 2.65. The fraction of sp³-hybridized carbons (Fsp3) is 0.764. The number of hydrogen-bond donors (Lipinski definition) is 4. The summed E-state index contributed by atoms with van der Waals surface area (Å²) in [7, 11) is 3.32. The molecule has 362 valence electrons. The summed E-state index contributed by atoms with van der Waals surface area (Å²) in [6.45, 7) is 20.7. The number of carbonyl (C=O) groups is 5. The van der Waals surface area contributed by atoms with Gasteiger partial charge in [-0.2, -0.15) is 0 Å². The number of fused-ring (bicyclic) bond motifs is 7. The Hall–Kier alpha value is -3.37. The van der Waals surface area contributed by atoms with E-state index in [9.17, 15) is 29.1 Å². The third-order valence-corrected chi connectivity index (χ3v) is 19.3. The first kappa shape index (κ1) is 51.0. The maximum absolute atomic E-state index is 13.8. The van der Waals surface area contributed by atoms with Crippen molar-refractivity contribution in [2.24, 2.45) is 81.2 Å². The van der Waals surface area contributed by atoms with Crippen molar-refractivity contribution in [2.45, 2.75) is 157 Å². The molecule has 8 rings (SSSR count). The van der Waals surface area contributed by atoms with Gasteiger partial charge in [-0.3, -0.25) is 24.0 Å². The first-order chi connectivity index (χ1) is 30.8. The smallest absolute Gasteiger partial charge is 0.306 e. The summed E-state index contributed by atoms with van der Waals surface area (Å²) in [6.07, 6.45) is 16.7. The molecule has 12 unspecified atom stereocenters. The second kappa shape index (κ2) is 20.5. The molecule has 0 radical (unpaired) electrons. The van der Waals surface area contributed by atoms with Crippen molar-refractivity contribution in [3.05, 3.63) is 41.0 Å². The summed E-state index contributed by atoms with van der Waals surface area (Å²) < 4.78 is 0. The first-order valence-corrected chi connectivity index (χ1v) is 25.7. The largest absolute Gasteiger partial charge is 0.481 e. The fourth-order valence-corrected chi connectivity index (χ4v) is 15.3. The van der Waals surface area contributed by atoms with E-state index in [0.717, 1.165) is 56.2 Å². The van der Waals surface area contributed by atoms with Gasteiger partial charge >= 0.3 is 5.97 Å². The van der Waals surface area contributed by atoms with Gasteiger partial charge in [-0.25, -0.2) is 0 Å². The van der Waals surface area contributed by atoms with Crippen LogP contribution in [0.4, 0.5) is 5.69 Å². The van der Waals surface area contributed by atoms with E-state index in [1.54, 1.807) is 0 Å². The van der Waals surface area contributed by atoms with E-state index in [2.05, 4.69) is 55.9 Å². The SMILES string of the molecule is CN.CNC(C)(C)C(=O)NCCC12CCC3C(CCC4C3(C)CCC3C(C)C(CC(=O)C5CC(C(=O)O)C5C)CCC34C)C1=C(C(C)C)C(=O)C2.O=Cc1ccc(N2CCCCC2)cc1. The quantitative estimate of drug-likeness (QED) is 0.150. The minimum Gasteiger partial charge on any atom is -0.481 e. The number of nitrogens with one attached hydrogen (secondary N) is 2. The Morgan fingerprint density at radius 1 is 0.892 bits per heavy atom. The molecule has 0 bridgehead atoms. The monoisotopic (exact) mass is 899 g/mol. The molecule has 0 spiro atoms. The summed E-state index contributed by atoms with van der Waals surface area (Å²) in [5.41, 5.74) is 8.85. The number of carboxylic acids is 1. The highest BCUT2D eigenvalue weighted by Crippen LogP contribution is 2.72. The number of nitrogens with zero attached hydrogens (tertiary/aromatic N) is 1. The molecule has 5 N–H and O–H groups in total. The molecule has 1 saturated heterocycles. The van der Waals surface area contributed by atoms with Gasteiger partial charge in [0.1, 0.15) is 12.1 Å². The van der Waals surface area contributed by atoms with Crippen LogP contribution in [0.2, 0.25) is 0 Å². The Bertz CT molecular complexity index is 1920. The van der Waals surface area contributed by atoms with Crippen LogP contribution in [-0.2, 0) is 19.2 Å². The number of anilines is 1. The predicted octanol–water partition coefficient (Wildman–Crippen LogP) is 9.69. The average molecular weight is 899 g/mol. The van der Waals surface area contributed by atoms with Crippen LogP contribution in [0.1, 0.15) is 162 Å². The Morgan fingerprint density at radius 3 is 2.12 bits per heavy atom. The topological polar surface area (TPSA) is 159 Å². The highest BCUT2D eigenvalue weighted by molar-refractivity contribution is 6.00. The van der Waals surface area contributed by atoms with Crippen LogP contribution < -0.4 is 21.3 Å². The lowest BCUT2D eigenvalue weighted by Crippen LogP contribution is -2.60. The molecule has 1 aliphatic heterocycles. The van der Waals surface area contributed by atoms with Crippen LogP contribution in [0.5, 0.6) is 0 Å². The number of aliphatic carboxylic acids is 1. The average Bonchev–Trinajstić information content (AvgIpc) is 3.60. The number of rotatable bonds is 12. The minimum atomic E-state index is -0.754. The van der Waals surface area contributed by atoms with E-state index >= 15 is 0 Å². The zero-order valence-electron chi connectivity index (χ0n) is 41.9. The summed E-state index contributed by atoms with van der Waals surface area (Å²) in [4.78, 5) is 64.6. The second-order valence-electron chi connectivity index (χ2n) is 23.0. The third kappa shape index (κ3) is 9.69. The van der Waals surface area contributed by atoms with E-state index in [-0.39, 0.29) is 45.8 Å². The third-order valence-electron chi connectivity index (χ3n) is 19.3. The number of amides is 1. The molecule has 1 aromatic rings. The van der Waals surface area contributed by atoms with E-state index < -0.39 is 11.5 Å². The number of ketones is 2. The van der Waals surface area contributed by atoms with Crippen LogP contribution in [0.15, 0.2) is 35.4 Å². The van der Waals surface area contributed by atoms with Gasteiger partial charge in [-0.05, 0) is 199 Å². The van der Waals surface area contributed by atoms with Crippen LogP contribution in [0.3, 0.4) is 0 Å². The molecular formula is C55H86N4O6. The number of allylic oxidation sites excluding steroid dienone is 2. The number of carbonyl (C=O) groups excluding carboxylic acids is 4. The van der Waals surface area contributed by atoms with Gasteiger partial charge in [0.2, 0.25) is 5.91 Å². The number of benzene rings is 1. The molecule has 10 heteroatoms. The highest BCUT2D eigenvalue weighted by atomic mass is 16.4. The van der Waals surface area contributed by atoms with Crippen LogP contribution in [0.25, 0.3) is 0 Å². The molecule has 12 atom stereocenters. The lowest BCUT2D eigenvalue weighted by molar-refractivity contribution is -0.172. The molecule has 1 aromatic carbocycles. The van der Waals surface area contributed by atoms with E-state index in [1.807, 2.05) is 52.1 Å². The molecule has 65 heavy (non-hydrogen) atoms. The Labute approximate surface area is 391 Å². The summed E-state index contributed by atoms with van der Waals surface area (Å²) in [5.74, 6) is 2.87. The van der Waals surface area contributed by atoms with Gasteiger partial charge in [-0.1, -0.05) is 47.1 Å². The summed E-state index contributed by atoms with van der Waals surface area (Å²) >= 11 is 0. The number of likely N-dealkylation sites (N-methyl/N-ethyl adjacent to an activating group) is 1. The van der Waals surface area contributed by atoms with Crippen molar-refractivity contribution >= 4 is 35.4 Å². The van der Waals surface area contributed by atoms with Crippen molar-refractivity contribution in [2.75, 3.05) is 38.6 Å². The van der Waals surface area contributed by atoms with E-state index in [1.165, 1.54) is 69.7 Å². The van der Waals surface area contributed by atoms with Gasteiger partial charge in [0.05, 0.1) is 11.5 Å². The molecule has 7 aliphatic rings. The van der Waals surface area contributed by atoms with Crippen LogP contribution in [0, 0.1) is 75.4 Å². The molecule has 10 nitrogen and oxygen atoms in total. The van der Waals surface area contributed by atoms with Crippen molar-refractivity contribution < 1.29 is 29.1 Å². The number of nitrogens with two attached hydrogens (primary N) is 1. The van der Waals surface area contributed by atoms with Gasteiger partial charge < -0.3 is 26.4 Å². The van der Waals surface area contributed by atoms with Gasteiger partial charge in [0, 0.05) is 55.1 Å². The number of aldehydes is 1. The van der Waals surface area contributed by atoms with Crippen molar-refractivity contribution in [1.29, 1.82) is 0 Å². The molecule has 1 heterocycles. The predicted molar refractivity (Wildman–Crippen MR) is 260 cm³/mol. The Kier molecular flexibility index (Phi) is 16.1. The molecule has 1 amide bonds. The normalized spacial score (nSPS) is 36.3. The van der Waals surface area contributed by atoms with Crippen molar-refractivity contribution in [1.82, 2.24) is 10.6 Å². The zero-order valence-corrected chi connectivity index (χ0v) is 41.9. The molecule has 6 fully saturated rings. The lowest BCUT2D eigenvalue weighted by Gasteiger charge is -2.67. The number of hydrogen-bond acceptors (Lipinski definition) is 8. The summed E-state index contributed by atoms with van der Waals surface area (Å²) in [5, 5.41) is 15.8. The minimum absolute atomic E-state index is 0.00906. The fourth-order valence-electron chi connectivity index (χ4n) is 15.3. The van der Waals surface area contributed by atoms with Crippen molar-refractivity contribution in [3.8, 4) is 0 Å². The molecule has 0 aromatic heterocycles. The van der Waals surface area contributed by atoms with E-state index in [4.69, 9.17) is 0 Å². The maximum atomic E-state index is 13.8. The zero-order chi connectivity index (χ0) is 47.6. The second-order valence-corrected chi connectivity index (χ2v) is 23.0. The number of piperidine rings is 1. The van der Waals surface area contributed by atoms with Gasteiger partial charge in [0.25, 0.3) is 0 Å². The number of Topliss-reactive ketones (excluding diaryl/α,β-unsaturated/α-hetero) is 2. The van der Waals surface area contributed by atoms with Gasteiger partial charge in [0.15, 0.2) is 5.78 Å². The van der Waals surface area contributed by atoms with Gasteiger partial charge in [-0.15, -0.1) is 0 Å². The molecule has 5 saturated carbocycles. The number of carboxylic acid groups (broad SMARTS) is 1. The maximum Gasteiger partial charge on any atom is 0.306 e. The lowest BCUT2D eigenvalue weighted by atomic mass is 9.37. The first-order valence-electron chi connectivity index (χ1n) is 25.7. The van der Waals surface area contributed by atoms with Crippen LogP contribution >= 0.6 is 0 Å². The Balaban J connectivity index is 0.000000368. The van der Waals surface area contributed by atoms with Crippen LogP contribution in [-0.4, -0.2) is 74.1 Å². The molecular weight excluding hydrogens is 813 g/mol. The van der Waals surface area contributed by atoms with Crippen molar-refractivity contribution in [3.63, 3.8) is 0 Å². The Morgan fingerprint density at radius 2 is 1.52 bits per heavy atom. The molecule has 6 aliphatic carbocycles. The standard InChI is InChI=1S/C42H66N2O5.C12H15NO.CH5N/c1-23(2)35-33(46)22-42(18-19-44-38(49)39(5,6)43-9)17-14-31-27(36(35)42)10-11-34-40(7)15-12-26(24(3)30(40)13-16-41(31,34)8)20-32(45)28-21-29(25(28)4)37(47)48;14-10-11-4-6-12(7-5-11)13-8-2-1-3-9-13;1-2/h23-31,34,43H,10-22H2,1-9H3,(H,44,49)(H,47,48);4-7,10H,1-3,8-9H2;2H2,1H3.